The Hall–Kier alpha value is -0.990. The van der Waals surface area contributed by atoms with Gasteiger partial charge in [-0.05, 0) is 70.0 Å². The van der Waals surface area contributed by atoms with Gasteiger partial charge in [0.1, 0.15) is 23.5 Å². The minimum Gasteiger partial charge on any atom is -0.474 e. The van der Waals surface area contributed by atoms with Gasteiger partial charge in [0.15, 0.2) is 0 Å². The number of aromatic nitrogens is 2. The maximum Gasteiger partial charge on any atom is 0.225 e. The van der Waals surface area contributed by atoms with Crippen LogP contribution in [0.1, 0.15) is 61.8 Å². The van der Waals surface area contributed by atoms with Crippen LogP contribution in [0.2, 0.25) is 0 Å². The minimum absolute atomic E-state index is 0. The van der Waals surface area contributed by atoms with E-state index in [1.165, 1.54) is 10.4 Å². The van der Waals surface area contributed by atoms with Gasteiger partial charge in [0, 0.05) is 10.9 Å². The number of aryl methyl sites for hydroxylation is 1. The van der Waals surface area contributed by atoms with Crippen molar-refractivity contribution in [3.63, 3.8) is 0 Å². The molecular formula is C20H31ClN4O2S. The molecule has 8 heteroatoms. The molecular weight excluding hydrogens is 396 g/mol. The zero-order valence-electron chi connectivity index (χ0n) is 16.6. The summed E-state index contributed by atoms with van der Waals surface area (Å²) >= 11 is 1.77. The summed E-state index contributed by atoms with van der Waals surface area (Å²) in [5.41, 5.74) is 1.33. The number of halogens is 1. The average molecular weight is 427 g/mol. The summed E-state index contributed by atoms with van der Waals surface area (Å²) in [6, 6.07) is 0.609. The number of rotatable bonds is 7. The number of fused-ring (bicyclic) bond motifs is 3. The maximum absolute atomic E-state index is 10.2. The van der Waals surface area contributed by atoms with Crippen LogP contribution in [0.15, 0.2) is 6.33 Å². The zero-order valence-corrected chi connectivity index (χ0v) is 18.2. The molecule has 2 atom stereocenters. The SMILES string of the molecule is CCNC(O)C[C@@H]1CCc2sc3ncnc(OC4CCC(NC)CC4)c3c21.Cl. The lowest BCUT2D eigenvalue weighted by Crippen LogP contribution is -2.34. The lowest BCUT2D eigenvalue weighted by Gasteiger charge is -2.28. The van der Waals surface area contributed by atoms with Crippen LogP contribution in [0.5, 0.6) is 5.88 Å². The summed E-state index contributed by atoms with van der Waals surface area (Å²) in [6.45, 7) is 2.80. The third-order valence-corrected chi connectivity index (χ3v) is 7.18. The second-order valence-corrected chi connectivity index (χ2v) is 8.81. The number of hydrogen-bond donors (Lipinski definition) is 3. The van der Waals surface area contributed by atoms with E-state index in [1.807, 2.05) is 14.0 Å². The van der Waals surface area contributed by atoms with Gasteiger partial charge in [0.25, 0.3) is 0 Å². The predicted octanol–water partition coefficient (Wildman–Crippen LogP) is 3.37. The van der Waals surface area contributed by atoms with Crippen molar-refractivity contribution in [2.24, 2.45) is 0 Å². The Morgan fingerprint density at radius 1 is 1.25 bits per heavy atom. The van der Waals surface area contributed by atoms with Crippen LogP contribution in [0.3, 0.4) is 0 Å². The molecule has 0 aromatic carbocycles. The quantitative estimate of drug-likeness (QED) is 0.589. The van der Waals surface area contributed by atoms with Gasteiger partial charge in [0.2, 0.25) is 5.88 Å². The number of ether oxygens (including phenoxy) is 1. The Labute approximate surface area is 176 Å². The van der Waals surface area contributed by atoms with Gasteiger partial charge in [-0.2, -0.15) is 0 Å². The molecule has 0 bridgehead atoms. The van der Waals surface area contributed by atoms with E-state index in [0.717, 1.165) is 67.6 Å². The first-order valence-corrected chi connectivity index (χ1v) is 11.0. The summed E-state index contributed by atoms with van der Waals surface area (Å²) in [6.07, 6.45) is 8.69. The molecule has 1 unspecified atom stereocenters. The molecule has 156 valence electrons. The monoisotopic (exact) mass is 426 g/mol. The van der Waals surface area contributed by atoms with Gasteiger partial charge in [0.05, 0.1) is 5.39 Å². The van der Waals surface area contributed by atoms with Crippen LogP contribution in [-0.4, -0.2) is 47.0 Å². The molecule has 28 heavy (non-hydrogen) atoms. The number of thiophene rings is 1. The smallest absolute Gasteiger partial charge is 0.225 e. The normalized spacial score (nSPS) is 25.3. The highest BCUT2D eigenvalue weighted by Gasteiger charge is 2.32. The molecule has 0 radical (unpaired) electrons. The van der Waals surface area contributed by atoms with E-state index in [1.54, 1.807) is 17.7 Å². The molecule has 0 spiro atoms. The summed E-state index contributed by atoms with van der Waals surface area (Å²) < 4.78 is 6.40. The van der Waals surface area contributed by atoms with E-state index in [-0.39, 0.29) is 18.5 Å². The van der Waals surface area contributed by atoms with Gasteiger partial charge in [-0.1, -0.05) is 6.92 Å². The van der Waals surface area contributed by atoms with Crippen LogP contribution < -0.4 is 15.4 Å². The number of hydrogen-bond acceptors (Lipinski definition) is 7. The van der Waals surface area contributed by atoms with Crippen molar-refractivity contribution >= 4 is 34.0 Å². The van der Waals surface area contributed by atoms with Gasteiger partial charge in [-0.3, -0.25) is 5.32 Å². The molecule has 1 saturated carbocycles. The molecule has 2 aromatic heterocycles. The van der Waals surface area contributed by atoms with Crippen molar-refractivity contribution in [2.45, 2.75) is 76.2 Å². The molecule has 6 nitrogen and oxygen atoms in total. The van der Waals surface area contributed by atoms with E-state index in [9.17, 15) is 5.11 Å². The van der Waals surface area contributed by atoms with Crippen LogP contribution in [0, 0.1) is 0 Å². The molecule has 2 aliphatic rings. The van der Waals surface area contributed by atoms with Crippen molar-refractivity contribution in [3.05, 3.63) is 16.8 Å². The lowest BCUT2D eigenvalue weighted by atomic mass is 9.93. The van der Waals surface area contributed by atoms with Crippen molar-refractivity contribution in [3.8, 4) is 5.88 Å². The van der Waals surface area contributed by atoms with Gasteiger partial charge < -0.3 is 15.2 Å². The summed E-state index contributed by atoms with van der Waals surface area (Å²) in [4.78, 5) is 11.4. The highest BCUT2D eigenvalue weighted by atomic mass is 35.5. The number of nitrogens with one attached hydrogen (secondary N) is 2. The fourth-order valence-corrected chi connectivity index (χ4v) is 5.81. The molecule has 2 aliphatic carbocycles. The molecule has 4 rings (SSSR count). The molecule has 0 aliphatic heterocycles. The number of aliphatic hydroxyl groups excluding tert-OH is 1. The lowest BCUT2D eigenvalue weighted by molar-refractivity contribution is 0.121. The van der Waals surface area contributed by atoms with Crippen molar-refractivity contribution in [1.29, 1.82) is 0 Å². The fourth-order valence-electron chi connectivity index (χ4n) is 4.58. The first-order valence-electron chi connectivity index (χ1n) is 10.2. The van der Waals surface area contributed by atoms with E-state index in [0.29, 0.717) is 12.0 Å². The Morgan fingerprint density at radius 3 is 2.75 bits per heavy atom. The molecule has 3 N–H and O–H groups in total. The van der Waals surface area contributed by atoms with Gasteiger partial charge in [-0.15, -0.1) is 23.7 Å². The van der Waals surface area contributed by atoms with E-state index < -0.39 is 6.23 Å². The predicted molar refractivity (Wildman–Crippen MR) is 116 cm³/mol. The fraction of sp³-hybridized carbons (Fsp3) is 0.700. The number of aliphatic hydroxyl groups is 1. The highest BCUT2D eigenvalue weighted by molar-refractivity contribution is 7.19. The largest absolute Gasteiger partial charge is 0.474 e. The molecule has 0 saturated heterocycles. The van der Waals surface area contributed by atoms with Crippen molar-refractivity contribution in [2.75, 3.05) is 13.6 Å². The average Bonchev–Trinajstić information content (AvgIpc) is 3.23. The summed E-state index contributed by atoms with van der Waals surface area (Å²) in [5, 5.41) is 17.8. The van der Waals surface area contributed by atoms with Crippen LogP contribution in [0.4, 0.5) is 0 Å². The Morgan fingerprint density at radius 2 is 2.04 bits per heavy atom. The van der Waals surface area contributed by atoms with Crippen LogP contribution in [0.25, 0.3) is 10.2 Å². The van der Waals surface area contributed by atoms with E-state index >= 15 is 0 Å². The molecule has 2 aromatic rings. The second-order valence-electron chi connectivity index (χ2n) is 7.72. The Kier molecular flexibility index (Phi) is 7.50. The number of nitrogens with zero attached hydrogens (tertiary/aromatic N) is 2. The van der Waals surface area contributed by atoms with Gasteiger partial charge >= 0.3 is 0 Å². The Bertz CT molecular complexity index is 779. The third kappa shape index (κ3) is 4.44. The molecule has 2 heterocycles. The van der Waals surface area contributed by atoms with Crippen LogP contribution >= 0.6 is 23.7 Å². The maximum atomic E-state index is 10.2. The standard InChI is InChI=1S/C20H30N4O2S.ClH/c1-3-22-16(25)10-12-4-9-15-17(12)18-19(23-11-24-20(18)27-15)26-14-7-5-13(21-2)6-8-14;/h11-14,16,21-22,25H,3-10H2,1-2H3;1H/t12-,13?,14?,16?;/m0./s1. The third-order valence-electron chi connectivity index (χ3n) is 6.00. The van der Waals surface area contributed by atoms with Crippen molar-refractivity contribution in [1.82, 2.24) is 20.6 Å². The second kappa shape index (κ2) is 9.67. The first-order chi connectivity index (χ1) is 13.2. The molecule has 0 amide bonds. The summed E-state index contributed by atoms with van der Waals surface area (Å²) in [7, 11) is 2.04. The molecule has 1 fully saturated rings. The van der Waals surface area contributed by atoms with E-state index in [4.69, 9.17) is 4.74 Å². The van der Waals surface area contributed by atoms with Gasteiger partial charge in [-0.25, -0.2) is 9.97 Å². The van der Waals surface area contributed by atoms with Crippen LogP contribution in [-0.2, 0) is 6.42 Å². The topological polar surface area (TPSA) is 79.3 Å². The Balaban J connectivity index is 0.00000225. The van der Waals surface area contributed by atoms with E-state index in [2.05, 4.69) is 20.6 Å². The first kappa shape index (κ1) is 21.7. The zero-order chi connectivity index (χ0) is 18.8. The van der Waals surface area contributed by atoms with Crippen molar-refractivity contribution < 1.29 is 9.84 Å². The summed E-state index contributed by atoms with van der Waals surface area (Å²) in [5.74, 6) is 1.09. The highest BCUT2D eigenvalue weighted by Crippen LogP contribution is 2.47. The minimum atomic E-state index is -0.466.